The van der Waals surface area contributed by atoms with Gasteiger partial charge in [-0.3, -0.25) is 0 Å². The Bertz CT molecular complexity index is 662. The van der Waals surface area contributed by atoms with Gasteiger partial charge in [0.15, 0.2) is 11.5 Å². The average Bonchev–Trinajstić information content (AvgIpc) is 2.49. The molecular formula is C15H13BrCl2O3. The Kier molecular flexibility index (Phi) is 5.38. The van der Waals surface area contributed by atoms with E-state index < -0.39 is 6.10 Å². The fourth-order valence-electron chi connectivity index (χ4n) is 1.94. The van der Waals surface area contributed by atoms with Gasteiger partial charge < -0.3 is 14.6 Å². The summed E-state index contributed by atoms with van der Waals surface area (Å²) in [7, 11) is 3.06. The van der Waals surface area contributed by atoms with Crippen LogP contribution in [0.1, 0.15) is 17.2 Å². The number of ether oxygens (including phenoxy) is 2. The highest BCUT2D eigenvalue weighted by molar-refractivity contribution is 9.10. The largest absolute Gasteiger partial charge is 0.493 e. The number of benzene rings is 2. The topological polar surface area (TPSA) is 38.7 Å². The molecule has 0 amide bonds. The molecule has 0 aliphatic heterocycles. The molecule has 2 rings (SSSR count). The van der Waals surface area contributed by atoms with Gasteiger partial charge in [0.25, 0.3) is 0 Å². The summed E-state index contributed by atoms with van der Waals surface area (Å²) in [5.41, 5.74) is 1.20. The van der Waals surface area contributed by atoms with Crippen LogP contribution in [0.4, 0.5) is 0 Å². The van der Waals surface area contributed by atoms with Gasteiger partial charge in [-0.1, -0.05) is 29.3 Å². The van der Waals surface area contributed by atoms with Gasteiger partial charge >= 0.3 is 0 Å². The van der Waals surface area contributed by atoms with Gasteiger partial charge in [0.05, 0.1) is 24.3 Å². The summed E-state index contributed by atoms with van der Waals surface area (Å²) >= 11 is 15.5. The first-order valence-electron chi connectivity index (χ1n) is 6.02. The second-order valence-corrected chi connectivity index (χ2v) is 5.97. The molecule has 0 saturated carbocycles. The maximum absolute atomic E-state index is 10.5. The van der Waals surface area contributed by atoms with Gasteiger partial charge in [0.2, 0.25) is 0 Å². The van der Waals surface area contributed by atoms with Crippen LogP contribution in [0.15, 0.2) is 34.8 Å². The normalized spacial score (nSPS) is 12.1. The summed E-state index contributed by atoms with van der Waals surface area (Å²) in [5, 5.41) is 11.5. The first-order valence-corrected chi connectivity index (χ1v) is 7.57. The zero-order chi connectivity index (χ0) is 15.6. The third kappa shape index (κ3) is 3.46. The van der Waals surface area contributed by atoms with Crippen molar-refractivity contribution < 1.29 is 14.6 Å². The second kappa shape index (κ2) is 6.88. The van der Waals surface area contributed by atoms with E-state index in [1.54, 1.807) is 30.3 Å². The van der Waals surface area contributed by atoms with E-state index in [4.69, 9.17) is 32.7 Å². The number of aliphatic hydroxyl groups is 1. The number of methoxy groups -OCH3 is 2. The smallest absolute Gasteiger partial charge is 0.162 e. The van der Waals surface area contributed by atoms with Gasteiger partial charge in [-0.05, 0) is 39.7 Å². The van der Waals surface area contributed by atoms with Crippen LogP contribution in [0, 0.1) is 0 Å². The monoisotopic (exact) mass is 390 g/mol. The molecular weight excluding hydrogens is 379 g/mol. The second-order valence-electron chi connectivity index (χ2n) is 4.30. The lowest BCUT2D eigenvalue weighted by molar-refractivity contribution is 0.219. The van der Waals surface area contributed by atoms with Gasteiger partial charge in [-0.25, -0.2) is 0 Å². The zero-order valence-electron chi connectivity index (χ0n) is 11.4. The molecule has 1 atom stereocenters. The zero-order valence-corrected chi connectivity index (χ0v) is 14.5. The lowest BCUT2D eigenvalue weighted by atomic mass is 10.0. The first-order chi connectivity index (χ1) is 9.97. The van der Waals surface area contributed by atoms with Gasteiger partial charge in [-0.2, -0.15) is 0 Å². The molecule has 0 aromatic heterocycles. The van der Waals surface area contributed by atoms with Crippen LogP contribution in [0.3, 0.4) is 0 Å². The number of hydrogen-bond acceptors (Lipinski definition) is 3. The number of rotatable bonds is 4. The first kappa shape index (κ1) is 16.4. The van der Waals surface area contributed by atoms with Crippen molar-refractivity contribution in [3.8, 4) is 11.5 Å². The fourth-order valence-corrected chi connectivity index (χ4v) is 2.71. The van der Waals surface area contributed by atoms with E-state index in [0.29, 0.717) is 37.1 Å². The van der Waals surface area contributed by atoms with Crippen LogP contribution in [0.5, 0.6) is 11.5 Å². The van der Waals surface area contributed by atoms with Gasteiger partial charge in [0, 0.05) is 16.1 Å². The molecule has 0 aliphatic rings. The summed E-state index contributed by atoms with van der Waals surface area (Å²) in [6, 6.07) is 8.47. The Balaban J connectivity index is 2.47. The lowest BCUT2D eigenvalue weighted by Gasteiger charge is -2.17. The highest BCUT2D eigenvalue weighted by atomic mass is 79.9. The highest BCUT2D eigenvalue weighted by Crippen LogP contribution is 2.38. The minimum Gasteiger partial charge on any atom is -0.493 e. The van der Waals surface area contributed by atoms with Crippen LogP contribution < -0.4 is 9.47 Å². The van der Waals surface area contributed by atoms with E-state index in [2.05, 4.69) is 15.9 Å². The van der Waals surface area contributed by atoms with Crippen molar-refractivity contribution in [2.24, 2.45) is 0 Å². The van der Waals surface area contributed by atoms with Crippen LogP contribution in [0.25, 0.3) is 0 Å². The maximum atomic E-state index is 10.5. The molecule has 1 unspecified atom stereocenters. The van der Waals surface area contributed by atoms with Crippen molar-refractivity contribution >= 4 is 39.1 Å². The van der Waals surface area contributed by atoms with E-state index in [9.17, 15) is 5.11 Å². The van der Waals surface area contributed by atoms with Crippen LogP contribution in [-0.4, -0.2) is 19.3 Å². The van der Waals surface area contributed by atoms with Crippen molar-refractivity contribution in [2.45, 2.75) is 6.10 Å². The number of aliphatic hydroxyl groups excluding tert-OH is 1. The molecule has 2 aromatic rings. The predicted octanol–water partition coefficient (Wildman–Crippen LogP) is 4.85. The average molecular weight is 392 g/mol. The van der Waals surface area contributed by atoms with E-state index in [1.807, 2.05) is 0 Å². The Labute approximate surface area is 141 Å². The van der Waals surface area contributed by atoms with Crippen LogP contribution >= 0.6 is 39.1 Å². The van der Waals surface area contributed by atoms with Gasteiger partial charge in [0.1, 0.15) is 6.10 Å². The SMILES string of the molecule is COc1cc(Cl)c(C(O)c2ccc(Cl)c(Br)c2)cc1OC. The van der Waals surface area contributed by atoms with Gasteiger partial charge in [-0.15, -0.1) is 0 Å². The summed E-state index contributed by atoms with van der Waals surface area (Å²) in [6.07, 6.45) is -0.897. The predicted molar refractivity (Wildman–Crippen MR) is 87.8 cm³/mol. The molecule has 0 bridgehead atoms. The molecule has 0 saturated heterocycles. The molecule has 6 heteroatoms. The fraction of sp³-hybridized carbons (Fsp3) is 0.200. The van der Waals surface area contributed by atoms with Crippen LogP contribution in [-0.2, 0) is 0 Å². The van der Waals surface area contributed by atoms with E-state index in [-0.39, 0.29) is 0 Å². The Morgan fingerprint density at radius 3 is 2.19 bits per heavy atom. The number of hydrogen-bond donors (Lipinski definition) is 1. The Morgan fingerprint density at radius 1 is 1.00 bits per heavy atom. The van der Waals surface area contributed by atoms with Crippen LogP contribution in [0.2, 0.25) is 10.0 Å². The van der Waals surface area contributed by atoms with Crippen molar-refractivity contribution in [3.05, 3.63) is 56.0 Å². The molecule has 2 aromatic carbocycles. The highest BCUT2D eigenvalue weighted by Gasteiger charge is 2.18. The van der Waals surface area contributed by atoms with E-state index >= 15 is 0 Å². The molecule has 3 nitrogen and oxygen atoms in total. The van der Waals surface area contributed by atoms with Crippen molar-refractivity contribution in [3.63, 3.8) is 0 Å². The quantitative estimate of drug-likeness (QED) is 0.809. The minimum absolute atomic E-state index is 0.395. The Morgan fingerprint density at radius 2 is 1.62 bits per heavy atom. The molecule has 0 fully saturated rings. The summed E-state index contributed by atoms with van der Waals surface area (Å²) in [5.74, 6) is 1.01. The standard InChI is InChI=1S/C15H13BrCl2O3/c1-20-13-6-9(12(18)7-14(13)21-2)15(19)8-3-4-11(17)10(16)5-8/h3-7,15,19H,1-2H3. The molecule has 1 N–H and O–H groups in total. The summed E-state index contributed by atoms with van der Waals surface area (Å²) in [6.45, 7) is 0. The summed E-state index contributed by atoms with van der Waals surface area (Å²) in [4.78, 5) is 0. The molecule has 0 aliphatic carbocycles. The Hall–Kier alpha value is -0.940. The third-order valence-corrected chi connectivity index (χ3v) is 4.60. The number of halogens is 3. The molecule has 0 radical (unpaired) electrons. The summed E-state index contributed by atoms with van der Waals surface area (Å²) < 4.78 is 11.1. The van der Waals surface area contributed by atoms with Crippen molar-refractivity contribution in [2.75, 3.05) is 14.2 Å². The maximum Gasteiger partial charge on any atom is 0.162 e. The lowest BCUT2D eigenvalue weighted by Crippen LogP contribution is -2.02. The third-order valence-electron chi connectivity index (χ3n) is 3.06. The molecule has 0 heterocycles. The minimum atomic E-state index is -0.897. The van der Waals surface area contributed by atoms with Crippen molar-refractivity contribution in [1.29, 1.82) is 0 Å². The van der Waals surface area contributed by atoms with Crippen molar-refractivity contribution in [1.82, 2.24) is 0 Å². The molecule has 112 valence electrons. The van der Waals surface area contributed by atoms with E-state index in [0.717, 1.165) is 0 Å². The van der Waals surface area contributed by atoms with E-state index in [1.165, 1.54) is 14.2 Å². The molecule has 21 heavy (non-hydrogen) atoms. The molecule has 0 spiro atoms.